The Morgan fingerprint density at radius 1 is 1.39 bits per heavy atom. The highest BCUT2D eigenvalue weighted by Crippen LogP contribution is 2.49. The van der Waals surface area contributed by atoms with Crippen LogP contribution in [0.25, 0.3) is 0 Å². The summed E-state index contributed by atoms with van der Waals surface area (Å²) in [6, 6.07) is 2.05. The van der Waals surface area contributed by atoms with Crippen molar-refractivity contribution >= 4 is 5.91 Å². The molecule has 0 spiro atoms. The Bertz CT molecular complexity index is 602. The molecule has 3 atom stereocenters. The lowest BCUT2D eigenvalue weighted by atomic mass is 10.1. The number of carbonyl (C=O) groups excluding carboxylic acids is 1. The summed E-state index contributed by atoms with van der Waals surface area (Å²) in [4.78, 5) is 16.6. The van der Waals surface area contributed by atoms with E-state index < -0.39 is 0 Å². The van der Waals surface area contributed by atoms with Gasteiger partial charge in [-0.15, -0.1) is 0 Å². The summed E-state index contributed by atoms with van der Waals surface area (Å²) in [5.41, 5.74) is 0.878. The van der Waals surface area contributed by atoms with Crippen molar-refractivity contribution in [1.29, 1.82) is 0 Å². The summed E-state index contributed by atoms with van der Waals surface area (Å²) < 4.78 is 6.01. The maximum absolute atomic E-state index is 12.4. The van der Waals surface area contributed by atoms with Gasteiger partial charge in [-0.3, -0.25) is 9.78 Å². The highest BCUT2D eigenvalue weighted by atomic mass is 16.5. The molecule has 1 aromatic rings. The Balaban J connectivity index is 1.33. The Labute approximate surface area is 137 Å². The van der Waals surface area contributed by atoms with Crippen molar-refractivity contribution < 1.29 is 9.53 Å². The topological polar surface area (TPSA) is 63.2 Å². The zero-order valence-electron chi connectivity index (χ0n) is 13.8. The summed E-state index contributed by atoms with van der Waals surface area (Å²) in [5.74, 6) is 2.98. The van der Waals surface area contributed by atoms with Gasteiger partial charge in [0.05, 0.1) is 11.7 Å². The molecule has 4 rings (SSSR count). The molecule has 23 heavy (non-hydrogen) atoms. The average molecular weight is 315 g/mol. The Morgan fingerprint density at radius 3 is 2.83 bits per heavy atom. The molecule has 1 aliphatic heterocycles. The molecule has 0 radical (unpaired) electrons. The van der Waals surface area contributed by atoms with Gasteiger partial charge in [0.25, 0.3) is 0 Å². The standard InChI is InChI=1S/C18H25N3O2/c1-18(2,21-17(22)16-13-7-20-8-14(13)16)10-23-15-9-19-6-5-12(15)11-3-4-11/h5-6,9,11,13-14,16,20H,3-4,7-8,10H2,1-2H3,(H,21,22)/t13-,14?,16?/m1/s1. The van der Waals surface area contributed by atoms with Gasteiger partial charge in [-0.2, -0.15) is 0 Å². The average Bonchev–Trinajstić information content (AvgIpc) is 3.43. The first-order chi connectivity index (χ1) is 11.1. The number of fused-ring (bicyclic) bond motifs is 1. The lowest BCUT2D eigenvalue weighted by Crippen LogP contribution is -2.49. The number of pyridine rings is 1. The molecular weight excluding hydrogens is 290 g/mol. The fourth-order valence-corrected chi connectivity index (χ4v) is 3.76. The number of hydrogen-bond acceptors (Lipinski definition) is 4. The van der Waals surface area contributed by atoms with E-state index in [1.807, 2.05) is 20.0 Å². The summed E-state index contributed by atoms with van der Waals surface area (Å²) in [6.45, 7) is 6.48. The van der Waals surface area contributed by atoms with Gasteiger partial charge >= 0.3 is 0 Å². The molecule has 3 fully saturated rings. The van der Waals surface area contributed by atoms with Crippen molar-refractivity contribution in [2.75, 3.05) is 19.7 Å². The van der Waals surface area contributed by atoms with E-state index >= 15 is 0 Å². The Hall–Kier alpha value is -1.62. The molecule has 2 aliphatic carbocycles. The third kappa shape index (κ3) is 3.07. The van der Waals surface area contributed by atoms with Gasteiger partial charge < -0.3 is 15.4 Å². The lowest BCUT2D eigenvalue weighted by Gasteiger charge is -2.27. The van der Waals surface area contributed by atoms with Crippen molar-refractivity contribution in [2.24, 2.45) is 17.8 Å². The first-order valence-corrected chi connectivity index (χ1v) is 8.65. The molecule has 0 bridgehead atoms. The molecule has 1 aromatic heterocycles. The highest BCUT2D eigenvalue weighted by Gasteiger charge is 2.57. The van der Waals surface area contributed by atoms with Crippen molar-refractivity contribution in [3.63, 3.8) is 0 Å². The van der Waals surface area contributed by atoms with Gasteiger partial charge in [0, 0.05) is 17.7 Å². The first-order valence-electron chi connectivity index (χ1n) is 8.65. The van der Waals surface area contributed by atoms with Crippen LogP contribution in [0.1, 0.15) is 38.2 Å². The van der Waals surface area contributed by atoms with Crippen molar-refractivity contribution in [2.45, 2.75) is 38.1 Å². The number of hydrogen-bond donors (Lipinski definition) is 2. The smallest absolute Gasteiger partial charge is 0.224 e. The summed E-state index contributed by atoms with van der Waals surface area (Å²) >= 11 is 0. The monoisotopic (exact) mass is 315 g/mol. The van der Waals surface area contributed by atoms with Gasteiger partial charge in [0.2, 0.25) is 5.91 Å². The number of ether oxygens (including phenoxy) is 1. The maximum Gasteiger partial charge on any atom is 0.224 e. The molecule has 3 aliphatic rings. The highest BCUT2D eigenvalue weighted by molar-refractivity contribution is 5.83. The minimum atomic E-state index is -0.377. The van der Waals surface area contributed by atoms with E-state index in [0.29, 0.717) is 24.4 Å². The molecule has 2 saturated carbocycles. The van der Waals surface area contributed by atoms with Gasteiger partial charge in [-0.1, -0.05) is 0 Å². The number of carbonyl (C=O) groups is 1. The van der Waals surface area contributed by atoms with E-state index in [2.05, 4.69) is 21.7 Å². The third-order valence-corrected chi connectivity index (χ3v) is 5.28. The molecule has 2 N–H and O–H groups in total. The van der Waals surface area contributed by atoms with Crippen LogP contribution in [0.2, 0.25) is 0 Å². The van der Waals surface area contributed by atoms with Gasteiger partial charge in [-0.05, 0) is 63.6 Å². The third-order valence-electron chi connectivity index (χ3n) is 5.28. The number of nitrogens with zero attached hydrogens (tertiary/aromatic N) is 1. The quantitative estimate of drug-likeness (QED) is 0.839. The van der Waals surface area contributed by atoms with Crippen LogP contribution in [0.4, 0.5) is 0 Å². The van der Waals surface area contributed by atoms with Crippen LogP contribution in [-0.2, 0) is 4.79 Å². The molecule has 5 nitrogen and oxygen atoms in total. The molecule has 1 saturated heterocycles. The van der Waals surface area contributed by atoms with Crippen molar-refractivity contribution in [3.05, 3.63) is 24.0 Å². The number of piperidine rings is 1. The van der Waals surface area contributed by atoms with Gasteiger partial charge in [-0.25, -0.2) is 0 Å². The number of amides is 1. The molecule has 124 valence electrons. The minimum absolute atomic E-state index is 0.184. The first kappa shape index (κ1) is 14.9. The van der Waals surface area contributed by atoms with Crippen LogP contribution in [0, 0.1) is 17.8 Å². The lowest BCUT2D eigenvalue weighted by molar-refractivity contribution is -0.125. The maximum atomic E-state index is 12.4. The van der Waals surface area contributed by atoms with E-state index in [1.165, 1.54) is 18.4 Å². The van der Waals surface area contributed by atoms with Crippen LogP contribution in [-0.4, -0.2) is 36.1 Å². The van der Waals surface area contributed by atoms with E-state index in [4.69, 9.17) is 4.74 Å². The van der Waals surface area contributed by atoms with Crippen molar-refractivity contribution in [3.8, 4) is 5.75 Å². The zero-order chi connectivity index (χ0) is 16.0. The molecule has 2 heterocycles. The molecule has 2 unspecified atom stereocenters. The van der Waals surface area contributed by atoms with Crippen LogP contribution < -0.4 is 15.4 Å². The fraction of sp³-hybridized carbons (Fsp3) is 0.667. The predicted molar refractivity (Wildman–Crippen MR) is 87.3 cm³/mol. The SMILES string of the molecule is CC(C)(COc1cnccc1C1CC1)NC(=O)C1C2CNC[C@H]21. The fourth-order valence-electron chi connectivity index (χ4n) is 3.76. The molecule has 0 aromatic carbocycles. The second-order valence-corrected chi connectivity index (χ2v) is 7.86. The van der Waals surface area contributed by atoms with E-state index in [1.54, 1.807) is 6.20 Å². The minimum Gasteiger partial charge on any atom is -0.489 e. The summed E-state index contributed by atoms with van der Waals surface area (Å²) in [6.07, 6.45) is 6.09. The van der Waals surface area contributed by atoms with Crippen LogP contribution in [0.3, 0.4) is 0 Å². The predicted octanol–water partition coefficient (Wildman–Crippen LogP) is 1.70. The Kier molecular flexibility index (Phi) is 3.56. The van der Waals surface area contributed by atoms with E-state index in [0.717, 1.165) is 18.8 Å². The van der Waals surface area contributed by atoms with E-state index in [9.17, 15) is 4.79 Å². The van der Waals surface area contributed by atoms with Gasteiger partial charge in [0.1, 0.15) is 12.4 Å². The largest absolute Gasteiger partial charge is 0.489 e. The second-order valence-electron chi connectivity index (χ2n) is 7.86. The molecule has 1 amide bonds. The van der Waals surface area contributed by atoms with Crippen LogP contribution in [0.5, 0.6) is 5.75 Å². The van der Waals surface area contributed by atoms with Crippen LogP contribution >= 0.6 is 0 Å². The summed E-state index contributed by atoms with van der Waals surface area (Å²) in [7, 11) is 0. The zero-order valence-corrected chi connectivity index (χ0v) is 13.8. The molecule has 5 heteroatoms. The number of rotatable bonds is 6. The van der Waals surface area contributed by atoms with Crippen LogP contribution in [0.15, 0.2) is 18.5 Å². The van der Waals surface area contributed by atoms with Crippen molar-refractivity contribution in [1.82, 2.24) is 15.6 Å². The van der Waals surface area contributed by atoms with Gasteiger partial charge in [0.15, 0.2) is 0 Å². The van der Waals surface area contributed by atoms with E-state index in [-0.39, 0.29) is 17.4 Å². The number of aromatic nitrogens is 1. The second kappa shape index (κ2) is 5.48. The molecular formula is C18H25N3O2. The normalized spacial score (nSPS) is 29.0. The Morgan fingerprint density at radius 2 is 2.13 bits per heavy atom. The number of nitrogens with one attached hydrogen (secondary N) is 2. The summed E-state index contributed by atoms with van der Waals surface area (Å²) in [5, 5.41) is 6.50.